The van der Waals surface area contributed by atoms with Gasteiger partial charge in [0.15, 0.2) is 0 Å². The lowest BCUT2D eigenvalue weighted by Gasteiger charge is -2.08. The van der Waals surface area contributed by atoms with Gasteiger partial charge >= 0.3 is 5.97 Å². The Labute approximate surface area is 118 Å². The quantitative estimate of drug-likeness (QED) is 0.867. The summed E-state index contributed by atoms with van der Waals surface area (Å²) in [6.45, 7) is 3.93. The van der Waals surface area contributed by atoms with Crippen LogP contribution >= 0.6 is 0 Å². The Bertz CT molecular complexity index is 606. The van der Waals surface area contributed by atoms with Gasteiger partial charge in [-0.1, -0.05) is 25.5 Å². The van der Waals surface area contributed by atoms with Gasteiger partial charge in [-0.15, -0.1) is 0 Å². The van der Waals surface area contributed by atoms with Crippen LogP contribution < -0.4 is 5.32 Å². The van der Waals surface area contributed by atoms with Crippen LogP contribution in [0.2, 0.25) is 0 Å². The van der Waals surface area contributed by atoms with E-state index >= 15 is 0 Å². The molecule has 0 spiro atoms. The van der Waals surface area contributed by atoms with Crippen molar-refractivity contribution in [3.8, 4) is 0 Å². The maximum absolute atomic E-state index is 11.0. The van der Waals surface area contributed by atoms with E-state index in [0.717, 1.165) is 18.5 Å². The van der Waals surface area contributed by atoms with Gasteiger partial charge in [0.2, 0.25) is 0 Å². The van der Waals surface area contributed by atoms with Crippen molar-refractivity contribution in [3.63, 3.8) is 0 Å². The molecule has 2 aromatic rings. The standard InChI is InChI=1S/C16H18N2O2/c1-3-4-12-5-7-14(8-6-12)18-15-10-13(16(19)20)9-11(2)17-15/h5-10H,3-4H2,1-2H3,(H,17,18)(H,19,20). The number of benzene rings is 1. The monoisotopic (exact) mass is 270 g/mol. The van der Waals surface area contributed by atoms with Crippen LogP contribution in [0.15, 0.2) is 36.4 Å². The van der Waals surface area contributed by atoms with Gasteiger partial charge in [-0.2, -0.15) is 0 Å². The number of carboxylic acid groups (broad SMARTS) is 1. The fraction of sp³-hybridized carbons (Fsp3) is 0.250. The molecule has 0 fully saturated rings. The van der Waals surface area contributed by atoms with Gasteiger partial charge < -0.3 is 10.4 Å². The van der Waals surface area contributed by atoms with Gasteiger partial charge in [0.25, 0.3) is 0 Å². The zero-order chi connectivity index (χ0) is 14.5. The van der Waals surface area contributed by atoms with Crippen molar-refractivity contribution in [2.45, 2.75) is 26.7 Å². The summed E-state index contributed by atoms with van der Waals surface area (Å²) in [5, 5.41) is 12.2. The highest BCUT2D eigenvalue weighted by Crippen LogP contribution is 2.18. The first-order valence-corrected chi connectivity index (χ1v) is 6.66. The summed E-state index contributed by atoms with van der Waals surface area (Å²) in [5.74, 6) is -0.400. The van der Waals surface area contributed by atoms with Crippen LogP contribution in [0.4, 0.5) is 11.5 Å². The highest BCUT2D eigenvalue weighted by atomic mass is 16.4. The minimum atomic E-state index is -0.947. The van der Waals surface area contributed by atoms with Gasteiger partial charge in [0.1, 0.15) is 5.82 Å². The zero-order valence-corrected chi connectivity index (χ0v) is 11.7. The molecule has 20 heavy (non-hydrogen) atoms. The molecule has 0 aliphatic carbocycles. The van der Waals surface area contributed by atoms with Crippen LogP contribution in [0, 0.1) is 6.92 Å². The van der Waals surface area contributed by atoms with Crippen LogP contribution in [-0.2, 0) is 6.42 Å². The van der Waals surface area contributed by atoms with Crippen LogP contribution in [0.25, 0.3) is 0 Å². The summed E-state index contributed by atoms with van der Waals surface area (Å²) in [6.07, 6.45) is 2.18. The van der Waals surface area contributed by atoms with Crippen molar-refractivity contribution in [1.29, 1.82) is 0 Å². The molecule has 0 radical (unpaired) electrons. The largest absolute Gasteiger partial charge is 0.478 e. The molecule has 0 amide bonds. The van der Waals surface area contributed by atoms with Gasteiger partial charge in [-0.3, -0.25) is 0 Å². The predicted molar refractivity (Wildman–Crippen MR) is 79.7 cm³/mol. The minimum absolute atomic E-state index is 0.239. The average molecular weight is 270 g/mol. The number of nitrogens with zero attached hydrogens (tertiary/aromatic N) is 1. The second-order valence-corrected chi connectivity index (χ2v) is 4.76. The summed E-state index contributed by atoms with van der Waals surface area (Å²) in [6, 6.07) is 11.2. The molecule has 1 aromatic carbocycles. The number of pyridine rings is 1. The molecule has 0 saturated heterocycles. The second kappa shape index (κ2) is 6.19. The van der Waals surface area contributed by atoms with Gasteiger partial charge in [0.05, 0.1) is 5.56 Å². The molecule has 0 aliphatic rings. The summed E-state index contributed by atoms with van der Waals surface area (Å²) < 4.78 is 0. The number of aromatic carboxylic acids is 1. The number of rotatable bonds is 5. The van der Waals surface area contributed by atoms with E-state index in [1.807, 2.05) is 12.1 Å². The van der Waals surface area contributed by atoms with Crippen LogP contribution in [-0.4, -0.2) is 16.1 Å². The number of hydrogen-bond donors (Lipinski definition) is 2. The summed E-state index contributed by atoms with van der Waals surface area (Å²) in [7, 11) is 0. The third kappa shape index (κ3) is 3.57. The van der Waals surface area contributed by atoms with E-state index in [0.29, 0.717) is 11.5 Å². The SMILES string of the molecule is CCCc1ccc(Nc2cc(C(=O)O)cc(C)n2)cc1. The topological polar surface area (TPSA) is 62.2 Å². The minimum Gasteiger partial charge on any atom is -0.478 e. The molecular weight excluding hydrogens is 252 g/mol. The Morgan fingerprint density at radius 3 is 2.55 bits per heavy atom. The third-order valence-corrected chi connectivity index (χ3v) is 2.97. The lowest BCUT2D eigenvalue weighted by Crippen LogP contribution is -2.02. The molecule has 4 heteroatoms. The maximum atomic E-state index is 11.0. The van der Waals surface area contributed by atoms with E-state index in [1.165, 1.54) is 11.6 Å². The number of aromatic nitrogens is 1. The molecule has 0 aliphatic heterocycles. The van der Waals surface area contributed by atoms with Gasteiger partial charge in [0, 0.05) is 11.4 Å². The van der Waals surface area contributed by atoms with E-state index in [9.17, 15) is 4.79 Å². The molecule has 2 rings (SSSR count). The van der Waals surface area contributed by atoms with E-state index in [1.54, 1.807) is 13.0 Å². The number of carboxylic acids is 1. The molecule has 104 valence electrons. The summed E-state index contributed by atoms with van der Waals surface area (Å²) in [4.78, 5) is 15.3. The fourth-order valence-corrected chi connectivity index (χ4v) is 2.05. The first kappa shape index (κ1) is 14.1. The Morgan fingerprint density at radius 1 is 1.25 bits per heavy atom. The number of aryl methyl sites for hydroxylation is 2. The Morgan fingerprint density at radius 2 is 1.95 bits per heavy atom. The molecule has 2 N–H and O–H groups in total. The lowest BCUT2D eigenvalue weighted by molar-refractivity contribution is 0.0696. The van der Waals surface area contributed by atoms with Gasteiger partial charge in [-0.25, -0.2) is 9.78 Å². The number of nitrogens with one attached hydrogen (secondary N) is 1. The summed E-state index contributed by atoms with van der Waals surface area (Å²) >= 11 is 0. The average Bonchev–Trinajstić information content (AvgIpc) is 2.40. The van der Waals surface area contributed by atoms with E-state index in [-0.39, 0.29) is 5.56 Å². The molecule has 0 saturated carbocycles. The first-order chi connectivity index (χ1) is 9.58. The number of carbonyl (C=O) groups is 1. The van der Waals surface area contributed by atoms with Crippen LogP contribution in [0.1, 0.15) is 35.0 Å². The third-order valence-electron chi connectivity index (χ3n) is 2.97. The smallest absolute Gasteiger partial charge is 0.335 e. The van der Waals surface area contributed by atoms with Crippen molar-refractivity contribution in [1.82, 2.24) is 4.98 Å². The van der Waals surface area contributed by atoms with E-state index in [4.69, 9.17) is 5.11 Å². The second-order valence-electron chi connectivity index (χ2n) is 4.76. The van der Waals surface area contributed by atoms with Crippen molar-refractivity contribution >= 4 is 17.5 Å². The normalized spacial score (nSPS) is 10.3. The molecule has 4 nitrogen and oxygen atoms in total. The van der Waals surface area contributed by atoms with Crippen molar-refractivity contribution in [2.75, 3.05) is 5.32 Å². The highest BCUT2D eigenvalue weighted by molar-refractivity contribution is 5.88. The van der Waals surface area contributed by atoms with Crippen molar-refractivity contribution in [3.05, 3.63) is 53.2 Å². The maximum Gasteiger partial charge on any atom is 0.335 e. The molecule has 1 aromatic heterocycles. The number of hydrogen-bond acceptors (Lipinski definition) is 3. The molecular formula is C16H18N2O2. The first-order valence-electron chi connectivity index (χ1n) is 6.66. The number of anilines is 2. The molecule has 0 unspecified atom stereocenters. The zero-order valence-electron chi connectivity index (χ0n) is 11.7. The van der Waals surface area contributed by atoms with E-state index < -0.39 is 5.97 Å². The Kier molecular flexibility index (Phi) is 4.35. The highest BCUT2D eigenvalue weighted by Gasteiger charge is 2.06. The molecule has 0 bridgehead atoms. The summed E-state index contributed by atoms with van der Waals surface area (Å²) in [5.41, 5.74) is 3.11. The van der Waals surface area contributed by atoms with E-state index in [2.05, 4.69) is 29.4 Å². The van der Waals surface area contributed by atoms with Crippen molar-refractivity contribution < 1.29 is 9.90 Å². The van der Waals surface area contributed by atoms with Crippen molar-refractivity contribution in [2.24, 2.45) is 0 Å². The predicted octanol–water partition coefficient (Wildman–Crippen LogP) is 3.78. The Hall–Kier alpha value is -2.36. The molecule has 1 heterocycles. The van der Waals surface area contributed by atoms with Crippen LogP contribution in [0.5, 0.6) is 0 Å². The van der Waals surface area contributed by atoms with Gasteiger partial charge in [-0.05, 0) is 43.2 Å². The Balaban J connectivity index is 2.19. The fourth-order valence-electron chi connectivity index (χ4n) is 2.05. The lowest BCUT2D eigenvalue weighted by atomic mass is 10.1. The van der Waals surface area contributed by atoms with Crippen LogP contribution in [0.3, 0.4) is 0 Å². The molecule has 0 atom stereocenters.